The van der Waals surface area contributed by atoms with Crippen LogP contribution in [-0.4, -0.2) is 17.5 Å². The van der Waals surface area contributed by atoms with Gasteiger partial charge in [-0.25, -0.2) is 0 Å². The van der Waals surface area contributed by atoms with Gasteiger partial charge in [0.15, 0.2) is 0 Å². The van der Waals surface area contributed by atoms with Gasteiger partial charge < -0.3 is 4.90 Å². The molecule has 0 radical (unpaired) electrons. The number of fused-ring (bicyclic) bond motifs is 1. The molecular weight excluding hydrogens is 290 g/mol. The lowest BCUT2D eigenvalue weighted by atomic mass is 9.78. The van der Waals surface area contributed by atoms with Gasteiger partial charge in [-0.1, -0.05) is 63.5 Å². The van der Waals surface area contributed by atoms with Gasteiger partial charge in [0, 0.05) is 12.6 Å². The summed E-state index contributed by atoms with van der Waals surface area (Å²) in [5.74, 6) is 0.961. The molecule has 1 nitrogen and oxygen atoms in total. The second-order valence-electron chi connectivity index (χ2n) is 9.09. The highest BCUT2D eigenvalue weighted by Gasteiger charge is 2.31. The largest absolute Gasteiger partial charge is 0.374 e. The lowest BCUT2D eigenvalue weighted by Gasteiger charge is -2.44. The van der Waals surface area contributed by atoms with Crippen molar-refractivity contribution in [2.24, 2.45) is 5.92 Å². The van der Waals surface area contributed by atoms with Gasteiger partial charge in [0.25, 0.3) is 0 Å². The molecule has 24 heavy (non-hydrogen) atoms. The van der Waals surface area contributed by atoms with Crippen LogP contribution in [0.3, 0.4) is 0 Å². The van der Waals surface area contributed by atoms with Gasteiger partial charge in [0.1, 0.15) is 0 Å². The molecule has 0 bridgehead atoms. The molecular formula is C23H35N. The summed E-state index contributed by atoms with van der Waals surface area (Å²) in [6.07, 6.45) is 12.2. The molecule has 0 spiro atoms. The zero-order valence-electron chi connectivity index (χ0n) is 16.1. The van der Waals surface area contributed by atoms with Crippen molar-refractivity contribution < 1.29 is 0 Å². The Morgan fingerprint density at radius 1 is 1.04 bits per heavy atom. The molecule has 0 amide bonds. The van der Waals surface area contributed by atoms with Crippen LogP contribution in [0.4, 0.5) is 0 Å². The fourth-order valence-electron chi connectivity index (χ4n) is 4.60. The number of allylic oxidation sites excluding steroid dienone is 1. The first-order valence-electron chi connectivity index (χ1n) is 9.96. The van der Waals surface area contributed by atoms with Crippen molar-refractivity contribution >= 4 is 0 Å². The summed E-state index contributed by atoms with van der Waals surface area (Å²) < 4.78 is 0. The number of rotatable bonds is 3. The topological polar surface area (TPSA) is 3.24 Å². The van der Waals surface area contributed by atoms with E-state index in [0.29, 0.717) is 0 Å². The summed E-state index contributed by atoms with van der Waals surface area (Å²) in [6, 6.07) is 10.1. The van der Waals surface area contributed by atoms with Crippen LogP contribution in [0, 0.1) is 5.92 Å². The molecule has 2 fully saturated rings. The van der Waals surface area contributed by atoms with Crippen molar-refractivity contribution in [3.8, 4) is 0 Å². The van der Waals surface area contributed by atoms with Crippen molar-refractivity contribution in [1.82, 2.24) is 4.90 Å². The van der Waals surface area contributed by atoms with Crippen LogP contribution in [-0.2, 0) is 11.8 Å². The van der Waals surface area contributed by atoms with E-state index < -0.39 is 0 Å². The number of nitrogens with zero attached hydrogens (tertiary/aromatic N) is 1. The molecule has 2 unspecified atom stereocenters. The lowest BCUT2D eigenvalue weighted by molar-refractivity contribution is 0.101. The molecule has 1 saturated carbocycles. The summed E-state index contributed by atoms with van der Waals surface area (Å²) in [5, 5.41) is 0. The number of hydrogen-bond donors (Lipinski definition) is 0. The molecule has 1 aromatic rings. The molecule has 1 aliphatic heterocycles. The fraction of sp³-hybridized carbons (Fsp3) is 0.652. The molecule has 1 aliphatic carbocycles. The third-order valence-electron chi connectivity index (χ3n) is 5.98. The third kappa shape index (κ3) is 4.23. The highest BCUT2D eigenvalue weighted by Crippen LogP contribution is 2.35. The van der Waals surface area contributed by atoms with E-state index in [1.54, 1.807) is 0 Å². The fourth-order valence-corrected chi connectivity index (χ4v) is 4.60. The average Bonchev–Trinajstić information content (AvgIpc) is 2.55. The first kappa shape index (κ1) is 17.6. The normalized spacial score (nSPS) is 25.5. The van der Waals surface area contributed by atoms with E-state index in [4.69, 9.17) is 0 Å². The van der Waals surface area contributed by atoms with E-state index in [-0.39, 0.29) is 5.41 Å². The number of hydrogen-bond acceptors (Lipinski definition) is 1. The summed E-state index contributed by atoms with van der Waals surface area (Å²) in [7, 11) is 0. The Bertz CT molecular complexity index is 559. The SMILES string of the molecule is CC(=CN1CCCC2CCCCC21)Cc1ccc(C(C)(C)C)cc1. The Balaban J connectivity index is 1.65. The Morgan fingerprint density at radius 2 is 1.71 bits per heavy atom. The van der Waals surface area contributed by atoms with E-state index in [0.717, 1.165) is 18.4 Å². The summed E-state index contributed by atoms with van der Waals surface area (Å²) >= 11 is 0. The average molecular weight is 326 g/mol. The van der Waals surface area contributed by atoms with Gasteiger partial charge in [0.05, 0.1) is 0 Å². The van der Waals surface area contributed by atoms with Crippen LogP contribution in [0.1, 0.15) is 77.3 Å². The predicted octanol–water partition coefficient (Wildman–Crippen LogP) is 6.09. The number of benzene rings is 1. The molecule has 0 N–H and O–H groups in total. The number of piperidine rings is 1. The molecule has 3 rings (SSSR count). The predicted molar refractivity (Wildman–Crippen MR) is 104 cm³/mol. The Hall–Kier alpha value is -1.24. The summed E-state index contributed by atoms with van der Waals surface area (Å²) in [5.41, 5.74) is 4.61. The van der Waals surface area contributed by atoms with Crippen LogP contribution >= 0.6 is 0 Å². The summed E-state index contributed by atoms with van der Waals surface area (Å²) in [4.78, 5) is 2.69. The van der Waals surface area contributed by atoms with Gasteiger partial charge in [-0.15, -0.1) is 0 Å². The standard InChI is InChI=1S/C23H35N/c1-18(16-19-11-13-21(14-12-19)23(2,3)4)17-24-15-7-9-20-8-5-6-10-22(20)24/h11-14,17,20,22H,5-10,15-16H2,1-4H3. The summed E-state index contributed by atoms with van der Waals surface area (Å²) in [6.45, 7) is 10.4. The first-order valence-corrected chi connectivity index (χ1v) is 9.96. The van der Waals surface area contributed by atoms with Gasteiger partial charge in [-0.2, -0.15) is 0 Å². The molecule has 1 aromatic carbocycles. The van der Waals surface area contributed by atoms with E-state index in [1.807, 2.05) is 0 Å². The van der Waals surface area contributed by atoms with Crippen LogP contribution in [0.15, 0.2) is 36.0 Å². The monoisotopic (exact) mass is 325 g/mol. The molecule has 132 valence electrons. The van der Waals surface area contributed by atoms with Crippen LogP contribution in [0.5, 0.6) is 0 Å². The maximum absolute atomic E-state index is 2.69. The maximum atomic E-state index is 2.69. The minimum atomic E-state index is 0.243. The van der Waals surface area contributed by atoms with Crippen molar-refractivity contribution in [2.45, 2.75) is 84.1 Å². The molecule has 2 atom stereocenters. The minimum Gasteiger partial charge on any atom is -0.374 e. The zero-order chi connectivity index (χ0) is 17.2. The van der Waals surface area contributed by atoms with Gasteiger partial charge >= 0.3 is 0 Å². The van der Waals surface area contributed by atoms with E-state index in [2.05, 4.69) is 63.1 Å². The van der Waals surface area contributed by atoms with Gasteiger partial charge in [-0.05, 0) is 67.7 Å². The third-order valence-corrected chi connectivity index (χ3v) is 5.98. The van der Waals surface area contributed by atoms with Crippen LogP contribution < -0.4 is 0 Å². The van der Waals surface area contributed by atoms with Crippen molar-refractivity contribution in [3.63, 3.8) is 0 Å². The van der Waals surface area contributed by atoms with Crippen molar-refractivity contribution in [2.75, 3.05) is 6.54 Å². The Labute approximate surface area is 149 Å². The van der Waals surface area contributed by atoms with Gasteiger partial charge in [0.2, 0.25) is 0 Å². The van der Waals surface area contributed by atoms with Crippen molar-refractivity contribution in [3.05, 3.63) is 47.2 Å². The quantitative estimate of drug-likeness (QED) is 0.650. The van der Waals surface area contributed by atoms with E-state index in [1.165, 1.54) is 61.8 Å². The second kappa shape index (κ2) is 7.33. The molecule has 0 aromatic heterocycles. The van der Waals surface area contributed by atoms with Gasteiger partial charge in [-0.3, -0.25) is 0 Å². The molecule has 1 saturated heterocycles. The van der Waals surface area contributed by atoms with E-state index >= 15 is 0 Å². The maximum Gasteiger partial charge on any atom is 0.0312 e. The van der Waals surface area contributed by atoms with Crippen LogP contribution in [0.2, 0.25) is 0 Å². The molecule has 2 aliphatic rings. The second-order valence-corrected chi connectivity index (χ2v) is 9.09. The Kier molecular flexibility index (Phi) is 5.37. The van der Waals surface area contributed by atoms with Crippen LogP contribution in [0.25, 0.3) is 0 Å². The smallest absolute Gasteiger partial charge is 0.0312 e. The minimum absolute atomic E-state index is 0.243. The highest BCUT2D eigenvalue weighted by atomic mass is 15.2. The molecule has 1 heterocycles. The highest BCUT2D eigenvalue weighted by molar-refractivity contribution is 5.29. The van der Waals surface area contributed by atoms with Crippen molar-refractivity contribution in [1.29, 1.82) is 0 Å². The lowest BCUT2D eigenvalue weighted by Crippen LogP contribution is -2.43. The number of likely N-dealkylation sites (tertiary alicyclic amines) is 1. The Morgan fingerprint density at radius 3 is 2.42 bits per heavy atom. The first-order chi connectivity index (χ1) is 11.4. The van der Waals surface area contributed by atoms with E-state index in [9.17, 15) is 0 Å². The molecule has 1 heteroatoms. The zero-order valence-corrected chi connectivity index (χ0v) is 16.1.